The van der Waals surface area contributed by atoms with Gasteiger partial charge in [-0.1, -0.05) is 69.1 Å². The van der Waals surface area contributed by atoms with E-state index in [1.807, 2.05) is 37.3 Å². The zero-order valence-electron chi connectivity index (χ0n) is 10.7. The number of hydrogen-bond acceptors (Lipinski definition) is 1. The second-order valence-electron chi connectivity index (χ2n) is 4.52. The fraction of sp³-hybridized carbons (Fsp3) is 0.500. The van der Waals surface area contributed by atoms with Crippen molar-refractivity contribution < 1.29 is 4.79 Å². The summed E-state index contributed by atoms with van der Waals surface area (Å²) in [7, 11) is 0. The number of carbonyl (C=O) groups excluding carboxylic acids is 1. The highest BCUT2D eigenvalue weighted by atomic mass is 79.9. The Kier molecular flexibility index (Phi) is 6.36. The lowest BCUT2D eigenvalue weighted by Crippen LogP contribution is -2.52. The van der Waals surface area contributed by atoms with E-state index in [4.69, 9.17) is 0 Å². The monoisotopic (exact) mass is 375 g/mol. The van der Waals surface area contributed by atoms with Crippen LogP contribution in [0.15, 0.2) is 30.3 Å². The van der Waals surface area contributed by atoms with E-state index < -0.39 is 0 Å². The molecule has 1 aromatic rings. The normalized spacial score (nSPS) is 13.1. The summed E-state index contributed by atoms with van der Waals surface area (Å²) in [6.45, 7) is 4.02. The predicted molar refractivity (Wildman–Crippen MR) is 83.6 cm³/mol. The van der Waals surface area contributed by atoms with E-state index in [1.165, 1.54) is 0 Å². The minimum Gasteiger partial charge on any atom is -0.348 e. The van der Waals surface area contributed by atoms with Gasteiger partial charge in [0.25, 0.3) is 0 Å². The highest BCUT2D eigenvalue weighted by molar-refractivity contribution is 9.09. The molecule has 4 heteroatoms. The highest BCUT2D eigenvalue weighted by Crippen LogP contribution is 2.20. The van der Waals surface area contributed by atoms with Crippen molar-refractivity contribution >= 4 is 37.8 Å². The van der Waals surface area contributed by atoms with E-state index >= 15 is 0 Å². The summed E-state index contributed by atoms with van der Waals surface area (Å²) in [6.07, 6.45) is 0.886. The van der Waals surface area contributed by atoms with Crippen molar-refractivity contribution in [2.45, 2.75) is 31.7 Å². The molecule has 0 saturated heterocycles. The van der Waals surface area contributed by atoms with Gasteiger partial charge in [-0.2, -0.15) is 0 Å². The Balaban J connectivity index is 2.76. The Labute approximate surface area is 126 Å². The van der Waals surface area contributed by atoms with Crippen molar-refractivity contribution in [3.8, 4) is 0 Å². The Bertz CT molecular complexity index is 368. The van der Waals surface area contributed by atoms with Crippen LogP contribution in [0.4, 0.5) is 0 Å². The van der Waals surface area contributed by atoms with Crippen LogP contribution < -0.4 is 5.32 Å². The van der Waals surface area contributed by atoms with Crippen molar-refractivity contribution in [1.29, 1.82) is 0 Å². The van der Waals surface area contributed by atoms with Crippen molar-refractivity contribution in [2.24, 2.45) is 0 Å². The smallest absolute Gasteiger partial charge is 0.227 e. The fourth-order valence-electron chi connectivity index (χ4n) is 1.64. The number of nitrogens with one attached hydrogen (secondary N) is 1. The molecule has 18 heavy (non-hydrogen) atoms. The molecule has 0 bridgehead atoms. The molecule has 0 aliphatic carbocycles. The molecule has 1 unspecified atom stereocenters. The zero-order valence-corrected chi connectivity index (χ0v) is 13.9. The van der Waals surface area contributed by atoms with E-state index in [2.05, 4.69) is 44.1 Å². The molecular weight excluding hydrogens is 358 g/mol. The lowest BCUT2D eigenvalue weighted by Gasteiger charge is -2.31. The summed E-state index contributed by atoms with van der Waals surface area (Å²) in [6, 6.07) is 9.85. The second-order valence-corrected chi connectivity index (χ2v) is 5.64. The van der Waals surface area contributed by atoms with Crippen LogP contribution in [0.1, 0.15) is 31.7 Å². The number of benzene rings is 1. The number of rotatable bonds is 6. The third kappa shape index (κ3) is 3.82. The first-order chi connectivity index (χ1) is 8.58. The van der Waals surface area contributed by atoms with Gasteiger partial charge >= 0.3 is 0 Å². The Hall–Kier alpha value is -0.350. The number of hydrogen-bond donors (Lipinski definition) is 1. The average molecular weight is 377 g/mol. The van der Waals surface area contributed by atoms with E-state index in [0.29, 0.717) is 0 Å². The molecule has 0 aliphatic rings. The van der Waals surface area contributed by atoms with Crippen LogP contribution in [-0.4, -0.2) is 22.1 Å². The Morgan fingerprint density at radius 2 is 1.83 bits per heavy atom. The molecule has 0 heterocycles. The van der Waals surface area contributed by atoms with E-state index in [1.54, 1.807) is 0 Å². The molecular formula is C14H19Br2NO. The van der Waals surface area contributed by atoms with Crippen LogP contribution in [-0.2, 0) is 4.79 Å². The summed E-state index contributed by atoms with van der Waals surface area (Å²) in [4.78, 5) is 12.3. The largest absolute Gasteiger partial charge is 0.348 e. The molecule has 0 radical (unpaired) electrons. The molecule has 2 nitrogen and oxygen atoms in total. The SMILES string of the molecule is CCC(CBr)(CBr)NC(=O)C(C)c1ccccc1. The van der Waals surface area contributed by atoms with Gasteiger partial charge in [-0.3, -0.25) is 4.79 Å². The highest BCUT2D eigenvalue weighted by Gasteiger charge is 2.29. The summed E-state index contributed by atoms with van der Waals surface area (Å²) >= 11 is 6.97. The maximum atomic E-state index is 12.3. The number of halogens is 2. The van der Waals surface area contributed by atoms with Gasteiger partial charge in [0.1, 0.15) is 0 Å². The molecule has 1 atom stereocenters. The summed E-state index contributed by atoms with van der Waals surface area (Å²) in [5.41, 5.74) is 0.837. The molecule has 0 fully saturated rings. The zero-order chi connectivity index (χ0) is 13.6. The molecule has 1 aromatic carbocycles. The third-order valence-electron chi connectivity index (χ3n) is 3.27. The standard InChI is InChI=1S/C14H19Br2NO/c1-3-14(9-15,10-16)17-13(18)11(2)12-7-5-4-6-8-12/h4-8,11H,3,9-10H2,1-2H3,(H,17,18). The minimum atomic E-state index is -0.208. The molecule has 1 N–H and O–H groups in total. The van der Waals surface area contributed by atoms with Gasteiger partial charge in [0, 0.05) is 10.7 Å². The molecule has 100 valence electrons. The van der Waals surface area contributed by atoms with Crippen LogP contribution in [0.2, 0.25) is 0 Å². The van der Waals surface area contributed by atoms with Crippen LogP contribution in [0.25, 0.3) is 0 Å². The fourth-order valence-corrected chi connectivity index (χ4v) is 3.64. The quantitative estimate of drug-likeness (QED) is 0.750. The lowest BCUT2D eigenvalue weighted by molar-refractivity contribution is -0.123. The van der Waals surface area contributed by atoms with Crippen LogP contribution in [0.3, 0.4) is 0 Å². The molecule has 0 spiro atoms. The third-order valence-corrected chi connectivity index (χ3v) is 5.42. The van der Waals surface area contributed by atoms with Crippen LogP contribution >= 0.6 is 31.9 Å². The predicted octanol–water partition coefficient (Wildman–Crippen LogP) is 3.84. The first kappa shape index (κ1) is 15.7. The molecule has 1 amide bonds. The van der Waals surface area contributed by atoms with Gasteiger partial charge in [-0.15, -0.1) is 0 Å². The summed E-state index contributed by atoms with van der Waals surface area (Å²) in [5, 5.41) is 4.64. The number of carbonyl (C=O) groups is 1. The number of amides is 1. The van der Waals surface area contributed by atoms with Crippen molar-refractivity contribution in [3.63, 3.8) is 0 Å². The first-order valence-corrected chi connectivity index (χ1v) is 8.31. The van der Waals surface area contributed by atoms with Gasteiger partial charge in [-0.25, -0.2) is 0 Å². The van der Waals surface area contributed by atoms with Gasteiger partial charge < -0.3 is 5.32 Å². The van der Waals surface area contributed by atoms with Gasteiger partial charge in [0.15, 0.2) is 0 Å². The van der Waals surface area contributed by atoms with E-state index in [-0.39, 0.29) is 17.4 Å². The second kappa shape index (κ2) is 7.29. The van der Waals surface area contributed by atoms with Crippen LogP contribution in [0.5, 0.6) is 0 Å². The lowest BCUT2D eigenvalue weighted by atomic mass is 9.96. The average Bonchev–Trinajstić information content (AvgIpc) is 2.45. The summed E-state index contributed by atoms with van der Waals surface area (Å²) < 4.78 is 0. The molecule has 0 aromatic heterocycles. The van der Waals surface area contributed by atoms with Gasteiger partial charge in [0.2, 0.25) is 5.91 Å². The maximum absolute atomic E-state index is 12.3. The first-order valence-electron chi connectivity index (χ1n) is 6.07. The Morgan fingerprint density at radius 3 is 2.28 bits per heavy atom. The Morgan fingerprint density at radius 1 is 1.28 bits per heavy atom. The van der Waals surface area contributed by atoms with Gasteiger partial charge in [0.05, 0.1) is 11.5 Å². The van der Waals surface area contributed by atoms with Gasteiger partial charge in [-0.05, 0) is 18.9 Å². The maximum Gasteiger partial charge on any atom is 0.227 e. The molecule has 0 aliphatic heterocycles. The summed E-state index contributed by atoms with van der Waals surface area (Å²) in [5.74, 6) is -0.0582. The minimum absolute atomic E-state index is 0.0713. The topological polar surface area (TPSA) is 29.1 Å². The number of alkyl halides is 2. The molecule has 1 rings (SSSR count). The van der Waals surface area contributed by atoms with E-state index in [0.717, 1.165) is 22.6 Å². The molecule has 0 saturated carbocycles. The van der Waals surface area contributed by atoms with Crippen molar-refractivity contribution in [1.82, 2.24) is 5.32 Å². The van der Waals surface area contributed by atoms with Crippen LogP contribution in [0, 0.1) is 0 Å². The van der Waals surface area contributed by atoms with Crippen molar-refractivity contribution in [3.05, 3.63) is 35.9 Å². The van der Waals surface area contributed by atoms with E-state index in [9.17, 15) is 4.79 Å². The van der Waals surface area contributed by atoms with Crippen molar-refractivity contribution in [2.75, 3.05) is 10.7 Å².